The molecule has 0 radical (unpaired) electrons. The Labute approximate surface area is 126 Å². The topological polar surface area (TPSA) is 9.23 Å². The van der Waals surface area contributed by atoms with Crippen molar-refractivity contribution in [1.82, 2.24) is 0 Å². The van der Waals surface area contributed by atoms with Crippen LogP contribution in [0.4, 0.5) is 17.6 Å². The first kappa shape index (κ1) is 16.3. The van der Waals surface area contributed by atoms with Gasteiger partial charge in [0.05, 0.1) is 12.7 Å². The highest BCUT2D eigenvalue weighted by molar-refractivity contribution is 5.72. The molecule has 1 nitrogen and oxygen atoms in total. The predicted octanol–water partition coefficient (Wildman–Crippen LogP) is 5.64. The molecule has 0 saturated carbocycles. The van der Waals surface area contributed by atoms with Crippen LogP contribution < -0.4 is 4.74 Å². The number of alkyl halides is 3. The summed E-state index contributed by atoms with van der Waals surface area (Å²) in [6.45, 7) is 3.83. The molecule has 5 heteroatoms. The SMILES string of the molecule is COc1c(F)cc(C(C)C)cc1-c1ccc(C(F)(F)F)cc1. The van der Waals surface area contributed by atoms with E-state index in [2.05, 4.69) is 0 Å². The van der Waals surface area contributed by atoms with Crippen molar-refractivity contribution < 1.29 is 22.3 Å². The molecule has 0 amide bonds. The lowest BCUT2D eigenvalue weighted by Gasteiger charge is -2.15. The Morgan fingerprint density at radius 3 is 2.05 bits per heavy atom. The summed E-state index contributed by atoms with van der Waals surface area (Å²) in [5.41, 5.74) is 0.940. The molecule has 0 unspecified atom stereocenters. The van der Waals surface area contributed by atoms with Crippen molar-refractivity contribution in [2.24, 2.45) is 0 Å². The van der Waals surface area contributed by atoms with Crippen molar-refractivity contribution in [1.29, 1.82) is 0 Å². The van der Waals surface area contributed by atoms with Gasteiger partial charge >= 0.3 is 6.18 Å². The van der Waals surface area contributed by atoms with Crippen molar-refractivity contribution in [3.63, 3.8) is 0 Å². The van der Waals surface area contributed by atoms with Gasteiger partial charge in [-0.2, -0.15) is 13.2 Å². The van der Waals surface area contributed by atoms with Gasteiger partial charge in [-0.1, -0.05) is 26.0 Å². The largest absolute Gasteiger partial charge is 0.493 e. The van der Waals surface area contributed by atoms with E-state index in [1.165, 1.54) is 25.3 Å². The van der Waals surface area contributed by atoms with Crippen LogP contribution in [0.5, 0.6) is 5.75 Å². The van der Waals surface area contributed by atoms with E-state index in [1.807, 2.05) is 13.8 Å². The van der Waals surface area contributed by atoms with Crippen LogP contribution in [0.15, 0.2) is 36.4 Å². The maximum atomic E-state index is 14.1. The smallest absolute Gasteiger partial charge is 0.416 e. The van der Waals surface area contributed by atoms with Crippen LogP contribution in [0.2, 0.25) is 0 Å². The number of benzene rings is 2. The van der Waals surface area contributed by atoms with Crippen LogP contribution in [0, 0.1) is 5.82 Å². The molecule has 0 spiro atoms. The van der Waals surface area contributed by atoms with Crippen LogP contribution >= 0.6 is 0 Å². The Bertz CT molecular complexity index is 658. The van der Waals surface area contributed by atoms with E-state index in [1.54, 1.807) is 6.07 Å². The Kier molecular flexibility index (Phi) is 4.44. The Hall–Kier alpha value is -2.04. The summed E-state index contributed by atoms with van der Waals surface area (Å²) in [6, 6.07) is 7.74. The average Bonchev–Trinajstić information content (AvgIpc) is 2.45. The zero-order chi connectivity index (χ0) is 16.5. The van der Waals surface area contributed by atoms with Gasteiger partial charge in [0, 0.05) is 5.56 Å². The van der Waals surface area contributed by atoms with E-state index in [9.17, 15) is 17.6 Å². The van der Waals surface area contributed by atoms with E-state index in [0.29, 0.717) is 11.1 Å². The lowest BCUT2D eigenvalue weighted by molar-refractivity contribution is -0.137. The Morgan fingerprint density at radius 2 is 1.59 bits per heavy atom. The zero-order valence-electron chi connectivity index (χ0n) is 12.5. The lowest BCUT2D eigenvalue weighted by atomic mass is 9.95. The summed E-state index contributed by atoms with van der Waals surface area (Å²) in [5, 5.41) is 0. The van der Waals surface area contributed by atoms with Crippen LogP contribution in [-0.4, -0.2) is 7.11 Å². The first-order chi connectivity index (χ1) is 10.2. The molecule has 0 heterocycles. The van der Waals surface area contributed by atoms with E-state index in [0.717, 1.165) is 17.7 Å². The molecular weight excluding hydrogens is 296 g/mol. The van der Waals surface area contributed by atoms with Crippen molar-refractivity contribution in [3.05, 3.63) is 53.3 Å². The van der Waals surface area contributed by atoms with Gasteiger partial charge in [-0.25, -0.2) is 4.39 Å². The average molecular weight is 312 g/mol. The molecule has 2 aromatic carbocycles. The Morgan fingerprint density at radius 1 is 1.00 bits per heavy atom. The second kappa shape index (κ2) is 5.99. The quantitative estimate of drug-likeness (QED) is 0.666. The predicted molar refractivity (Wildman–Crippen MR) is 77.5 cm³/mol. The minimum Gasteiger partial charge on any atom is -0.493 e. The van der Waals surface area contributed by atoms with Gasteiger partial charge in [-0.3, -0.25) is 0 Å². The number of methoxy groups -OCH3 is 1. The third kappa shape index (κ3) is 3.24. The monoisotopic (exact) mass is 312 g/mol. The second-order valence-corrected chi connectivity index (χ2v) is 5.31. The number of hydrogen-bond acceptors (Lipinski definition) is 1. The molecule has 0 atom stereocenters. The third-order valence-corrected chi connectivity index (χ3v) is 3.46. The molecule has 0 bridgehead atoms. The first-order valence-corrected chi connectivity index (χ1v) is 6.79. The molecule has 118 valence electrons. The highest BCUT2D eigenvalue weighted by atomic mass is 19.4. The highest BCUT2D eigenvalue weighted by Crippen LogP contribution is 2.37. The molecule has 2 rings (SSSR count). The maximum Gasteiger partial charge on any atom is 0.416 e. The summed E-state index contributed by atoms with van der Waals surface area (Å²) in [6.07, 6.45) is -4.40. The minimum atomic E-state index is -4.40. The molecular formula is C17H16F4O. The molecule has 0 aliphatic rings. The van der Waals surface area contributed by atoms with Crippen LogP contribution in [0.3, 0.4) is 0 Å². The molecule has 0 N–H and O–H groups in total. The Balaban J connectivity index is 2.55. The lowest BCUT2D eigenvalue weighted by Crippen LogP contribution is -2.04. The molecule has 0 aliphatic heterocycles. The van der Waals surface area contributed by atoms with Crippen molar-refractivity contribution in [2.45, 2.75) is 25.9 Å². The molecule has 2 aromatic rings. The van der Waals surface area contributed by atoms with E-state index in [4.69, 9.17) is 4.74 Å². The van der Waals surface area contributed by atoms with Gasteiger partial charge in [-0.15, -0.1) is 0 Å². The van der Waals surface area contributed by atoms with E-state index >= 15 is 0 Å². The summed E-state index contributed by atoms with van der Waals surface area (Å²) in [5.74, 6) is -0.402. The van der Waals surface area contributed by atoms with Gasteiger partial charge in [0.25, 0.3) is 0 Å². The summed E-state index contributed by atoms with van der Waals surface area (Å²) < 4.78 is 57.0. The molecule has 0 aromatic heterocycles. The zero-order valence-corrected chi connectivity index (χ0v) is 12.5. The van der Waals surface area contributed by atoms with Crippen molar-refractivity contribution >= 4 is 0 Å². The van der Waals surface area contributed by atoms with Crippen LogP contribution in [0.25, 0.3) is 11.1 Å². The number of hydrogen-bond donors (Lipinski definition) is 0. The fraction of sp³-hybridized carbons (Fsp3) is 0.294. The van der Waals surface area contributed by atoms with Crippen molar-refractivity contribution in [2.75, 3.05) is 7.11 Å². The first-order valence-electron chi connectivity index (χ1n) is 6.79. The third-order valence-electron chi connectivity index (χ3n) is 3.46. The molecule has 22 heavy (non-hydrogen) atoms. The molecule has 0 aliphatic carbocycles. The van der Waals surface area contributed by atoms with E-state index in [-0.39, 0.29) is 11.7 Å². The fourth-order valence-electron chi connectivity index (χ4n) is 2.21. The number of ether oxygens (including phenoxy) is 1. The number of halogens is 4. The molecule has 0 fully saturated rings. The van der Waals surface area contributed by atoms with Crippen LogP contribution in [0.1, 0.15) is 30.9 Å². The van der Waals surface area contributed by atoms with Gasteiger partial charge in [0.2, 0.25) is 0 Å². The van der Waals surface area contributed by atoms with E-state index < -0.39 is 17.6 Å². The maximum absolute atomic E-state index is 14.1. The van der Waals surface area contributed by atoms with Gasteiger partial charge in [-0.05, 0) is 41.3 Å². The summed E-state index contributed by atoms with van der Waals surface area (Å²) >= 11 is 0. The normalized spacial score (nSPS) is 11.8. The van der Waals surface area contributed by atoms with Crippen LogP contribution in [-0.2, 0) is 6.18 Å². The fourth-order valence-corrected chi connectivity index (χ4v) is 2.21. The van der Waals surface area contributed by atoms with Gasteiger partial charge in [0.1, 0.15) is 0 Å². The summed E-state index contributed by atoms with van der Waals surface area (Å²) in [7, 11) is 1.33. The second-order valence-electron chi connectivity index (χ2n) is 5.31. The molecule has 0 saturated heterocycles. The van der Waals surface area contributed by atoms with Crippen molar-refractivity contribution in [3.8, 4) is 16.9 Å². The number of rotatable bonds is 3. The highest BCUT2D eigenvalue weighted by Gasteiger charge is 2.30. The summed E-state index contributed by atoms with van der Waals surface area (Å²) in [4.78, 5) is 0. The minimum absolute atomic E-state index is 0.0316. The van der Waals surface area contributed by atoms with Gasteiger partial charge < -0.3 is 4.74 Å². The standard InChI is InChI=1S/C17H16F4O/c1-10(2)12-8-14(16(22-3)15(18)9-12)11-4-6-13(7-5-11)17(19,20)21/h4-10H,1-3H3. The van der Waals surface area contributed by atoms with Gasteiger partial charge in [0.15, 0.2) is 11.6 Å².